The van der Waals surface area contributed by atoms with E-state index in [9.17, 15) is 18.0 Å². The van der Waals surface area contributed by atoms with E-state index < -0.39 is 15.8 Å². The van der Waals surface area contributed by atoms with Crippen molar-refractivity contribution in [3.63, 3.8) is 0 Å². The summed E-state index contributed by atoms with van der Waals surface area (Å²) >= 11 is 0. The summed E-state index contributed by atoms with van der Waals surface area (Å²) in [7, 11) is -1.34. The second-order valence-electron chi connectivity index (χ2n) is 6.24. The number of benzene rings is 1. The van der Waals surface area contributed by atoms with Crippen LogP contribution >= 0.6 is 0 Å². The average Bonchev–Trinajstić information content (AvgIpc) is 3.09. The zero-order valence-corrected chi connectivity index (χ0v) is 13.8. The van der Waals surface area contributed by atoms with E-state index >= 15 is 0 Å². The fraction of sp³-hybridized carbons (Fsp3) is 0.500. The summed E-state index contributed by atoms with van der Waals surface area (Å²) in [6.45, 7) is 0.315. The highest BCUT2D eigenvalue weighted by molar-refractivity contribution is 7.91. The topological polar surface area (TPSA) is 74.8 Å². The molecular formula is C16H20N2O4S. The number of hydrogen-bond donors (Lipinski definition) is 0. The maximum absolute atomic E-state index is 12.6. The van der Waals surface area contributed by atoms with Gasteiger partial charge in [-0.1, -0.05) is 18.2 Å². The summed E-state index contributed by atoms with van der Waals surface area (Å²) < 4.78 is 23.2. The molecule has 6 nitrogen and oxygen atoms in total. The molecule has 7 heteroatoms. The first-order valence-electron chi connectivity index (χ1n) is 7.70. The molecule has 124 valence electrons. The van der Waals surface area contributed by atoms with Gasteiger partial charge >= 0.3 is 0 Å². The van der Waals surface area contributed by atoms with E-state index in [1.54, 1.807) is 16.8 Å². The molecule has 1 aromatic rings. The Kier molecular flexibility index (Phi) is 4.14. The summed E-state index contributed by atoms with van der Waals surface area (Å²) in [5, 5.41) is 0. The molecule has 2 aliphatic heterocycles. The zero-order chi connectivity index (χ0) is 16.6. The van der Waals surface area contributed by atoms with Gasteiger partial charge in [0, 0.05) is 31.7 Å². The molecule has 0 aliphatic carbocycles. The minimum absolute atomic E-state index is 0.0220. The molecule has 2 fully saturated rings. The Morgan fingerprint density at radius 3 is 2.57 bits per heavy atom. The quantitative estimate of drug-likeness (QED) is 0.814. The Morgan fingerprint density at radius 1 is 1.26 bits per heavy atom. The van der Waals surface area contributed by atoms with Gasteiger partial charge in [-0.15, -0.1) is 0 Å². The van der Waals surface area contributed by atoms with E-state index in [2.05, 4.69) is 0 Å². The first-order valence-corrected chi connectivity index (χ1v) is 9.52. The number of nitrogens with zero attached hydrogens (tertiary/aromatic N) is 2. The van der Waals surface area contributed by atoms with Gasteiger partial charge in [0.15, 0.2) is 9.84 Å². The Hall–Kier alpha value is -1.89. The third kappa shape index (κ3) is 3.24. The lowest BCUT2D eigenvalue weighted by molar-refractivity contribution is -0.129. The molecule has 0 N–H and O–H groups in total. The molecule has 0 aromatic heterocycles. The molecule has 23 heavy (non-hydrogen) atoms. The zero-order valence-electron chi connectivity index (χ0n) is 13.0. The number of amides is 2. The Balaban J connectivity index is 1.69. The number of sulfone groups is 1. The Bertz CT molecular complexity index is 717. The number of carbonyl (C=O) groups is 2. The summed E-state index contributed by atoms with van der Waals surface area (Å²) in [6.07, 6.45) is 0.635. The fourth-order valence-corrected chi connectivity index (χ4v) is 5.05. The third-order valence-corrected chi connectivity index (χ3v) is 6.38. The highest BCUT2D eigenvalue weighted by Gasteiger charge is 2.42. The van der Waals surface area contributed by atoms with Gasteiger partial charge in [-0.05, 0) is 18.6 Å². The van der Waals surface area contributed by atoms with Crippen LogP contribution in [0.5, 0.6) is 0 Å². The van der Waals surface area contributed by atoms with Crippen molar-refractivity contribution in [1.82, 2.24) is 4.90 Å². The van der Waals surface area contributed by atoms with Crippen LogP contribution in [0.3, 0.4) is 0 Å². The maximum Gasteiger partial charge on any atom is 0.232 e. The number of anilines is 1. The van der Waals surface area contributed by atoms with Crippen molar-refractivity contribution < 1.29 is 18.0 Å². The van der Waals surface area contributed by atoms with Crippen LogP contribution in [0.2, 0.25) is 0 Å². The molecule has 2 saturated heterocycles. The van der Waals surface area contributed by atoms with Crippen molar-refractivity contribution in [2.24, 2.45) is 5.92 Å². The SMILES string of the molecule is CN(C(=O)C1CC(=O)N(C2CCS(=O)(=O)C2)C1)c1ccccc1. The standard InChI is InChI=1S/C16H20N2O4S/c1-17(13-5-3-2-4-6-13)16(20)12-9-15(19)18(10-12)14-7-8-23(21,22)11-14/h2-6,12,14H,7-11H2,1H3. The molecule has 3 rings (SSSR count). The van der Waals surface area contributed by atoms with Crippen LogP contribution in [0.25, 0.3) is 0 Å². The summed E-state index contributed by atoms with van der Waals surface area (Å²) in [4.78, 5) is 28.0. The molecule has 2 atom stereocenters. The van der Waals surface area contributed by atoms with Crippen molar-refractivity contribution >= 4 is 27.3 Å². The largest absolute Gasteiger partial charge is 0.338 e. The van der Waals surface area contributed by atoms with Gasteiger partial charge in [0.2, 0.25) is 11.8 Å². The van der Waals surface area contributed by atoms with Gasteiger partial charge in [-0.25, -0.2) is 8.42 Å². The van der Waals surface area contributed by atoms with E-state index in [0.29, 0.717) is 13.0 Å². The van der Waals surface area contributed by atoms with E-state index in [1.807, 2.05) is 30.3 Å². The first-order chi connectivity index (χ1) is 10.9. The van der Waals surface area contributed by atoms with Crippen LogP contribution in [0.4, 0.5) is 5.69 Å². The number of hydrogen-bond acceptors (Lipinski definition) is 4. The van der Waals surface area contributed by atoms with Crippen LogP contribution in [-0.4, -0.2) is 56.3 Å². The lowest BCUT2D eigenvalue weighted by atomic mass is 10.1. The number of likely N-dealkylation sites (tertiary alicyclic amines) is 1. The third-order valence-electron chi connectivity index (χ3n) is 4.63. The summed E-state index contributed by atoms with van der Waals surface area (Å²) in [6, 6.07) is 9.01. The smallest absolute Gasteiger partial charge is 0.232 e. The first kappa shape index (κ1) is 16.0. The summed E-state index contributed by atoms with van der Waals surface area (Å²) in [5.41, 5.74) is 0.784. The molecule has 0 bridgehead atoms. The van der Waals surface area contributed by atoms with E-state index in [4.69, 9.17) is 0 Å². The molecule has 0 radical (unpaired) electrons. The second kappa shape index (κ2) is 5.96. The van der Waals surface area contributed by atoms with Gasteiger partial charge < -0.3 is 9.80 Å². The number of para-hydroxylation sites is 1. The molecular weight excluding hydrogens is 316 g/mol. The van der Waals surface area contributed by atoms with Crippen LogP contribution < -0.4 is 4.90 Å². The fourth-order valence-electron chi connectivity index (χ4n) is 3.32. The van der Waals surface area contributed by atoms with Crippen molar-refractivity contribution in [1.29, 1.82) is 0 Å². The highest BCUT2D eigenvalue weighted by atomic mass is 32.2. The lowest BCUT2D eigenvalue weighted by Crippen LogP contribution is -2.39. The molecule has 1 aromatic carbocycles. The monoisotopic (exact) mass is 336 g/mol. The molecule has 2 heterocycles. The highest BCUT2D eigenvalue weighted by Crippen LogP contribution is 2.28. The van der Waals surface area contributed by atoms with Crippen molar-refractivity contribution in [3.8, 4) is 0 Å². The van der Waals surface area contributed by atoms with Gasteiger partial charge in [-0.3, -0.25) is 9.59 Å². The maximum atomic E-state index is 12.6. The molecule has 0 saturated carbocycles. The average molecular weight is 336 g/mol. The minimum atomic E-state index is -3.04. The van der Waals surface area contributed by atoms with Gasteiger partial charge in [-0.2, -0.15) is 0 Å². The van der Waals surface area contributed by atoms with Gasteiger partial charge in [0.25, 0.3) is 0 Å². The predicted octanol–water partition coefficient (Wildman–Crippen LogP) is 0.685. The van der Waals surface area contributed by atoms with Crippen LogP contribution in [0.1, 0.15) is 12.8 Å². The summed E-state index contributed by atoms with van der Waals surface area (Å²) in [5.74, 6) is -0.478. The minimum Gasteiger partial charge on any atom is -0.338 e. The van der Waals surface area contributed by atoms with Gasteiger partial charge in [0.05, 0.1) is 17.4 Å². The van der Waals surface area contributed by atoms with Crippen molar-refractivity contribution in [2.75, 3.05) is 30.0 Å². The molecule has 2 unspecified atom stereocenters. The Morgan fingerprint density at radius 2 is 1.96 bits per heavy atom. The Labute approximate surface area is 136 Å². The second-order valence-corrected chi connectivity index (χ2v) is 8.47. The lowest BCUT2D eigenvalue weighted by Gasteiger charge is -2.24. The molecule has 0 spiro atoms. The van der Waals surface area contributed by atoms with Gasteiger partial charge in [0.1, 0.15) is 0 Å². The van der Waals surface area contributed by atoms with Crippen molar-refractivity contribution in [3.05, 3.63) is 30.3 Å². The van der Waals surface area contributed by atoms with Crippen LogP contribution in [-0.2, 0) is 19.4 Å². The van der Waals surface area contributed by atoms with E-state index in [-0.39, 0.29) is 35.8 Å². The number of rotatable bonds is 3. The molecule has 2 aliphatic rings. The number of carbonyl (C=O) groups excluding carboxylic acids is 2. The van der Waals surface area contributed by atoms with E-state index in [1.165, 1.54) is 0 Å². The van der Waals surface area contributed by atoms with Crippen molar-refractivity contribution in [2.45, 2.75) is 18.9 Å². The normalized spacial score (nSPS) is 26.5. The van der Waals surface area contributed by atoms with E-state index in [0.717, 1.165) is 5.69 Å². The van der Waals surface area contributed by atoms with Crippen LogP contribution in [0, 0.1) is 5.92 Å². The van der Waals surface area contributed by atoms with Crippen LogP contribution in [0.15, 0.2) is 30.3 Å². The molecule has 2 amide bonds. The predicted molar refractivity (Wildman–Crippen MR) is 86.7 cm³/mol.